The molecule has 2 aromatic rings. The molecule has 5 amide bonds. The van der Waals surface area contributed by atoms with Gasteiger partial charge in [0, 0.05) is 43.7 Å². The summed E-state index contributed by atoms with van der Waals surface area (Å²) in [6.07, 6.45) is 3.00. The first kappa shape index (κ1) is 47.6. The zero-order valence-electron chi connectivity index (χ0n) is 37.7. The highest BCUT2D eigenvalue weighted by molar-refractivity contribution is 7.09. The summed E-state index contributed by atoms with van der Waals surface area (Å²) < 4.78 is 5.55. The number of aromatic nitrogens is 1. The van der Waals surface area contributed by atoms with Crippen LogP contribution in [0, 0.1) is 22.7 Å². The van der Waals surface area contributed by atoms with Crippen LogP contribution >= 0.6 is 11.3 Å². The molecule has 336 valence electrons. The third-order valence-corrected chi connectivity index (χ3v) is 12.9. The molecule has 3 aliphatic heterocycles. The van der Waals surface area contributed by atoms with Crippen molar-refractivity contribution in [2.75, 3.05) is 45.9 Å². The van der Waals surface area contributed by atoms with Crippen molar-refractivity contribution in [2.45, 2.75) is 124 Å². The largest absolute Gasteiger partial charge is 0.379 e. The lowest BCUT2D eigenvalue weighted by Gasteiger charge is -2.38. The van der Waals surface area contributed by atoms with Gasteiger partial charge >= 0.3 is 0 Å². The molecule has 0 saturated carbocycles. The van der Waals surface area contributed by atoms with Crippen LogP contribution in [0.3, 0.4) is 0 Å². The van der Waals surface area contributed by atoms with E-state index in [4.69, 9.17) is 9.73 Å². The zero-order chi connectivity index (χ0) is 44.6. The molecule has 3 saturated heterocycles. The molecule has 1 aromatic carbocycles. The minimum atomic E-state index is -1.07. The summed E-state index contributed by atoms with van der Waals surface area (Å²) in [5, 5.41) is 18.4. The summed E-state index contributed by atoms with van der Waals surface area (Å²) in [5.74, 6) is -2.41. The van der Waals surface area contributed by atoms with E-state index in [0.29, 0.717) is 32.6 Å². The first-order chi connectivity index (χ1) is 28.8. The zero-order valence-corrected chi connectivity index (χ0v) is 38.6. The van der Waals surface area contributed by atoms with Crippen molar-refractivity contribution >= 4 is 46.7 Å². The second-order valence-electron chi connectivity index (χ2n) is 19.3. The number of nitrogens with zero attached hydrogens (tertiary/aromatic N) is 4. The first-order valence-corrected chi connectivity index (χ1v) is 22.7. The van der Waals surface area contributed by atoms with Crippen LogP contribution in [0.25, 0.3) is 0 Å². The van der Waals surface area contributed by atoms with Crippen LogP contribution in [0.1, 0.15) is 105 Å². The molecule has 3 fully saturated rings. The molecule has 16 heteroatoms. The highest BCUT2D eigenvalue weighted by atomic mass is 32.1. The van der Waals surface area contributed by atoms with Gasteiger partial charge in [-0.15, -0.1) is 11.3 Å². The quantitative estimate of drug-likeness (QED) is 0.213. The number of rotatable bonds is 12. The Bertz CT molecular complexity index is 1840. The lowest BCUT2D eigenvalue weighted by atomic mass is 9.83. The molecule has 8 atom stereocenters. The minimum Gasteiger partial charge on any atom is -0.379 e. The van der Waals surface area contributed by atoms with Crippen LogP contribution < -0.4 is 26.6 Å². The number of carbonyl (C=O) groups excluding carboxylic acids is 5. The van der Waals surface area contributed by atoms with Gasteiger partial charge in [0.05, 0.1) is 31.8 Å². The maximum absolute atomic E-state index is 14.9. The average Bonchev–Trinajstić information content (AvgIpc) is 3.89. The Kier molecular flexibility index (Phi) is 16.1. The summed E-state index contributed by atoms with van der Waals surface area (Å²) in [6, 6.07) is 4.74. The Morgan fingerprint density at radius 3 is 2.25 bits per heavy atom. The maximum atomic E-state index is 14.9. The number of hydrogen-bond acceptors (Lipinski definition) is 10. The smallest absolute Gasteiger partial charge is 0.246 e. The first-order valence-electron chi connectivity index (χ1n) is 21.8. The summed E-state index contributed by atoms with van der Waals surface area (Å²) in [5.41, 5.74) is -0.585. The molecule has 0 radical (unpaired) electrons. The van der Waals surface area contributed by atoms with Gasteiger partial charge in [-0.3, -0.25) is 33.9 Å². The van der Waals surface area contributed by atoms with Crippen LogP contribution in [-0.4, -0.2) is 126 Å². The number of morpholine rings is 1. The van der Waals surface area contributed by atoms with E-state index >= 15 is 0 Å². The van der Waals surface area contributed by atoms with Gasteiger partial charge in [-0.1, -0.05) is 99.6 Å². The van der Waals surface area contributed by atoms with E-state index in [2.05, 4.69) is 36.5 Å². The molecule has 15 nitrogen and oxygen atoms in total. The summed E-state index contributed by atoms with van der Waals surface area (Å²) in [6.45, 7) is 23.0. The average molecular weight is 864 g/mol. The van der Waals surface area contributed by atoms with Crippen LogP contribution in [-0.2, 0) is 28.7 Å². The number of carbonyl (C=O) groups is 5. The van der Waals surface area contributed by atoms with E-state index in [1.807, 2.05) is 105 Å². The SMILES string of the molecule is CC(C)[C@@H]1NC(=O)[C@@H]2[C@H](C)CCN2C(=O)CN/C(=N\C(C(=O)NC(C(=O)N[C@H](CCN2CCOCC2)c2nccs2)[C@@H](C)c2ccccc2)C(C)(C)C)C(C(C)(C)C)NC1=O. The summed E-state index contributed by atoms with van der Waals surface area (Å²) in [7, 11) is 0. The van der Waals surface area contributed by atoms with E-state index in [0.717, 1.165) is 30.2 Å². The predicted octanol–water partition coefficient (Wildman–Crippen LogP) is 3.64. The number of benzene rings is 1. The molecule has 3 aliphatic rings. The van der Waals surface area contributed by atoms with Gasteiger partial charge in [0.25, 0.3) is 0 Å². The molecular weight excluding hydrogens is 795 g/mol. The lowest BCUT2D eigenvalue weighted by molar-refractivity contribution is -0.140. The number of aliphatic imine (C=N–C) groups is 1. The third-order valence-electron chi connectivity index (χ3n) is 12.0. The molecule has 5 N–H and O–H groups in total. The Hall–Kier alpha value is -4.41. The minimum absolute atomic E-state index is 0.0998. The van der Waals surface area contributed by atoms with Crippen LogP contribution in [0.4, 0.5) is 0 Å². The van der Waals surface area contributed by atoms with Gasteiger partial charge < -0.3 is 36.2 Å². The normalized spacial score (nSPS) is 24.9. The number of fused-ring (bicyclic) bond motifs is 1. The Morgan fingerprint density at radius 2 is 1.64 bits per heavy atom. The molecule has 3 unspecified atom stereocenters. The highest BCUT2D eigenvalue weighted by Crippen LogP contribution is 2.30. The van der Waals surface area contributed by atoms with Crippen molar-refractivity contribution in [2.24, 2.45) is 27.7 Å². The van der Waals surface area contributed by atoms with Crippen molar-refractivity contribution in [1.82, 2.24) is 41.4 Å². The number of amidine groups is 1. The van der Waals surface area contributed by atoms with Crippen LogP contribution in [0.2, 0.25) is 0 Å². The molecule has 61 heavy (non-hydrogen) atoms. The third kappa shape index (κ3) is 12.4. The number of amides is 5. The second-order valence-corrected chi connectivity index (χ2v) is 20.3. The fraction of sp³-hybridized carbons (Fsp3) is 0.667. The maximum Gasteiger partial charge on any atom is 0.246 e. The molecule has 0 spiro atoms. The summed E-state index contributed by atoms with van der Waals surface area (Å²) in [4.78, 5) is 85.0. The fourth-order valence-electron chi connectivity index (χ4n) is 8.26. The van der Waals surface area contributed by atoms with E-state index in [1.165, 1.54) is 11.3 Å². The number of thiazole rings is 1. The number of nitrogens with one attached hydrogen (secondary N) is 5. The van der Waals surface area contributed by atoms with Crippen LogP contribution in [0.5, 0.6) is 0 Å². The molecule has 1 aromatic heterocycles. The van der Waals surface area contributed by atoms with Gasteiger partial charge in [0.2, 0.25) is 29.5 Å². The van der Waals surface area contributed by atoms with Gasteiger partial charge in [-0.2, -0.15) is 0 Å². The monoisotopic (exact) mass is 864 g/mol. The standard InChI is InChI=1S/C45H69N9O6S/c1-27(2)33-39(56)52-36(44(5,6)7)38(47-26-32(55)54-20-16-28(3)35(54)41(58)49-33)51-37(45(8,9)10)42(59)50-34(29(4)30-14-12-11-13-15-30)40(57)48-31(43-46-18-25-61-43)17-19-53-21-23-60-24-22-53/h11-15,18,25,27-29,31,33-37H,16-17,19-24,26H2,1-10H3,(H,47,51)(H,48,57)(H,49,58)(H,50,59)(H,52,56)/t28-,29+,31-,33+,34?,35+,36?,37?/m1/s1. The highest BCUT2D eigenvalue weighted by Gasteiger charge is 2.44. The van der Waals surface area contributed by atoms with Crippen molar-refractivity contribution in [1.29, 1.82) is 0 Å². The number of ether oxygens (including phenoxy) is 1. The van der Waals surface area contributed by atoms with Gasteiger partial charge in [-0.05, 0) is 41.1 Å². The Balaban J connectivity index is 1.51. The fourth-order valence-corrected chi connectivity index (χ4v) is 8.99. The second kappa shape index (κ2) is 20.6. The summed E-state index contributed by atoms with van der Waals surface area (Å²) >= 11 is 1.48. The molecular formula is C45H69N9O6S. The van der Waals surface area contributed by atoms with Crippen molar-refractivity contribution < 1.29 is 28.7 Å². The Morgan fingerprint density at radius 1 is 0.951 bits per heavy atom. The molecule has 5 rings (SSSR count). The molecule has 0 aliphatic carbocycles. The topological polar surface area (TPSA) is 186 Å². The lowest BCUT2D eigenvalue weighted by Crippen LogP contribution is -2.63. The Labute approximate surface area is 366 Å². The van der Waals surface area contributed by atoms with Crippen LogP contribution in [0.15, 0.2) is 46.9 Å². The van der Waals surface area contributed by atoms with Crippen molar-refractivity contribution in [3.63, 3.8) is 0 Å². The van der Waals surface area contributed by atoms with Gasteiger partial charge in [0.1, 0.15) is 35.0 Å². The number of hydrogen-bond donors (Lipinski definition) is 5. The van der Waals surface area contributed by atoms with Crippen molar-refractivity contribution in [3.8, 4) is 0 Å². The molecule has 0 bridgehead atoms. The van der Waals surface area contributed by atoms with E-state index in [1.54, 1.807) is 11.1 Å². The van der Waals surface area contributed by atoms with Crippen molar-refractivity contribution in [3.05, 3.63) is 52.5 Å². The van der Waals surface area contributed by atoms with Gasteiger partial charge in [0.15, 0.2) is 0 Å². The predicted molar refractivity (Wildman–Crippen MR) is 238 cm³/mol. The van der Waals surface area contributed by atoms with Gasteiger partial charge in [-0.25, -0.2) is 4.98 Å². The van der Waals surface area contributed by atoms with E-state index in [-0.39, 0.29) is 48.0 Å². The van der Waals surface area contributed by atoms with E-state index < -0.39 is 58.8 Å². The van der Waals surface area contributed by atoms with E-state index in [9.17, 15) is 24.0 Å². The molecule has 4 heterocycles.